The fourth-order valence-corrected chi connectivity index (χ4v) is 1.27. The van der Waals surface area contributed by atoms with Crippen LogP contribution in [0.5, 0.6) is 0 Å². The lowest BCUT2D eigenvalue weighted by atomic mass is 10.1. The quantitative estimate of drug-likeness (QED) is 0.681. The van der Waals surface area contributed by atoms with Crippen molar-refractivity contribution in [1.82, 2.24) is 0 Å². The zero-order valence-electron chi connectivity index (χ0n) is 7.44. The van der Waals surface area contributed by atoms with Crippen LogP contribution < -0.4 is 5.32 Å². The second-order valence-corrected chi connectivity index (χ2v) is 2.80. The molecule has 0 atom stereocenters. The number of nitrogens with one attached hydrogen (secondary N) is 1. The van der Waals surface area contributed by atoms with Crippen LogP contribution in [0, 0.1) is 13.8 Å². The van der Waals surface area contributed by atoms with Gasteiger partial charge >= 0.3 is 0 Å². The third-order valence-electron chi connectivity index (χ3n) is 1.83. The highest BCUT2D eigenvalue weighted by molar-refractivity contribution is 5.56. The van der Waals surface area contributed by atoms with Crippen LogP contribution in [-0.4, -0.2) is 6.54 Å². The molecular weight excluding hydrogens is 134 g/mol. The Morgan fingerprint density at radius 3 is 2.18 bits per heavy atom. The van der Waals surface area contributed by atoms with Gasteiger partial charge in [-0.3, -0.25) is 0 Å². The molecule has 1 N–H and O–H groups in total. The molecule has 1 heteroatoms. The summed E-state index contributed by atoms with van der Waals surface area (Å²) >= 11 is 0. The van der Waals surface area contributed by atoms with Crippen molar-refractivity contribution in [3.63, 3.8) is 0 Å². The molecule has 1 rings (SSSR count). The SMILES string of the molecule is CCNc1c(C)cccc1C. The normalized spacial score (nSPS) is 9.73. The van der Waals surface area contributed by atoms with Crippen LogP contribution in [0.2, 0.25) is 0 Å². The summed E-state index contributed by atoms with van der Waals surface area (Å²) < 4.78 is 0. The molecule has 0 aliphatic heterocycles. The first-order valence-corrected chi connectivity index (χ1v) is 4.05. The molecule has 0 radical (unpaired) electrons. The summed E-state index contributed by atoms with van der Waals surface area (Å²) in [4.78, 5) is 0. The molecule has 0 amide bonds. The number of hydrogen-bond acceptors (Lipinski definition) is 1. The van der Waals surface area contributed by atoms with Crippen LogP contribution in [0.1, 0.15) is 18.1 Å². The summed E-state index contributed by atoms with van der Waals surface area (Å²) in [5, 5.41) is 3.34. The molecule has 60 valence electrons. The van der Waals surface area contributed by atoms with Gasteiger partial charge < -0.3 is 5.32 Å². The molecule has 11 heavy (non-hydrogen) atoms. The molecule has 0 saturated carbocycles. The molecule has 0 unspecified atom stereocenters. The lowest BCUT2D eigenvalue weighted by molar-refractivity contribution is 1.18. The van der Waals surface area contributed by atoms with Gasteiger partial charge in [0.2, 0.25) is 0 Å². The van der Waals surface area contributed by atoms with E-state index in [0.29, 0.717) is 0 Å². The van der Waals surface area contributed by atoms with E-state index in [2.05, 4.69) is 44.3 Å². The molecule has 0 spiro atoms. The third kappa shape index (κ3) is 1.73. The van der Waals surface area contributed by atoms with Crippen molar-refractivity contribution in [3.05, 3.63) is 29.3 Å². The summed E-state index contributed by atoms with van der Waals surface area (Å²) in [7, 11) is 0. The summed E-state index contributed by atoms with van der Waals surface area (Å²) in [5.41, 5.74) is 3.94. The summed E-state index contributed by atoms with van der Waals surface area (Å²) in [6.07, 6.45) is 0. The Balaban J connectivity index is 3.00. The number of para-hydroxylation sites is 1. The van der Waals surface area contributed by atoms with Gasteiger partial charge in [-0.25, -0.2) is 0 Å². The zero-order valence-corrected chi connectivity index (χ0v) is 7.44. The van der Waals surface area contributed by atoms with E-state index in [1.165, 1.54) is 16.8 Å². The van der Waals surface area contributed by atoms with Crippen LogP contribution in [-0.2, 0) is 0 Å². The van der Waals surface area contributed by atoms with Gasteiger partial charge in [0.15, 0.2) is 0 Å². The fraction of sp³-hybridized carbons (Fsp3) is 0.400. The maximum atomic E-state index is 3.34. The Kier molecular flexibility index (Phi) is 2.53. The predicted molar refractivity (Wildman–Crippen MR) is 50.1 cm³/mol. The predicted octanol–water partition coefficient (Wildman–Crippen LogP) is 2.74. The van der Waals surface area contributed by atoms with Gasteiger partial charge in [-0.1, -0.05) is 18.2 Å². The highest BCUT2D eigenvalue weighted by Crippen LogP contribution is 2.18. The zero-order chi connectivity index (χ0) is 8.27. The average molecular weight is 149 g/mol. The van der Waals surface area contributed by atoms with E-state index in [4.69, 9.17) is 0 Å². The van der Waals surface area contributed by atoms with Gasteiger partial charge in [-0.2, -0.15) is 0 Å². The van der Waals surface area contributed by atoms with E-state index in [9.17, 15) is 0 Å². The molecule has 0 bridgehead atoms. The maximum absolute atomic E-state index is 3.34. The second kappa shape index (κ2) is 3.42. The molecule has 0 aliphatic rings. The first kappa shape index (κ1) is 8.12. The summed E-state index contributed by atoms with van der Waals surface area (Å²) in [6, 6.07) is 6.35. The Bertz CT molecular complexity index is 220. The molecule has 0 fully saturated rings. The van der Waals surface area contributed by atoms with Gasteiger partial charge in [0.1, 0.15) is 0 Å². The number of benzene rings is 1. The van der Waals surface area contributed by atoms with E-state index >= 15 is 0 Å². The second-order valence-electron chi connectivity index (χ2n) is 2.80. The van der Waals surface area contributed by atoms with E-state index in [1.807, 2.05) is 0 Å². The number of anilines is 1. The topological polar surface area (TPSA) is 12.0 Å². The van der Waals surface area contributed by atoms with Crippen LogP contribution in [0.15, 0.2) is 18.2 Å². The smallest absolute Gasteiger partial charge is 0.0399 e. The van der Waals surface area contributed by atoms with E-state index < -0.39 is 0 Å². The average Bonchev–Trinajstić information content (AvgIpc) is 1.97. The number of hydrogen-bond donors (Lipinski definition) is 1. The fourth-order valence-electron chi connectivity index (χ4n) is 1.27. The Morgan fingerprint density at radius 2 is 1.73 bits per heavy atom. The first-order chi connectivity index (χ1) is 5.25. The molecule has 0 aliphatic carbocycles. The van der Waals surface area contributed by atoms with Crippen molar-refractivity contribution in [3.8, 4) is 0 Å². The van der Waals surface area contributed by atoms with Crippen molar-refractivity contribution in [2.45, 2.75) is 20.8 Å². The van der Waals surface area contributed by atoms with Gasteiger partial charge in [-0.15, -0.1) is 0 Å². The van der Waals surface area contributed by atoms with Gasteiger partial charge in [0.05, 0.1) is 0 Å². The highest BCUT2D eigenvalue weighted by atomic mass is 14.9. The maximum Gasteiger partial charge on any atom is 0.0399 e. The summed E-state index contributed by atoms with van der Waals surface area (Å²) in [5.74, 6) is 0. The monoisotopic (exact) mass is 149 g/mol. The van der Waals surface area contributed by atoms with E-state index in [1.54, 1.807) is 0 Å². The standard InChI is InChI=1S/C10H15N/c1-4-11-10-8(2)6-5-7-9(10)3/h5-7,11H,4H2,1-3H3. The number of rotatable bonds is 2. The minimum Gasteiger partial charge on any atom is -0.385 e. The van der Waals surface area contributed by atoms with Crippen molar-refractivity contribution in [2.24, 2.45) is 0 Å². The largest absolute Gasteiger partial charge is 0.385 e. The summed E-state index contributed by atoms with van der Waals surface area (Å²) in [6.45, 7) is 7.37. The van der Waals surface area contributed by atoms with Gasteiger partial charge in [0.25, 0.3) is 0 Å². The van der Waals surface area contributed by atoms with Gasteiger partial charge in [-0.05, 0) is 31.9 Å². The Hall–Kier alpha value is -0.980. The van der Waals surface area contributed by atoms with E-state index in [0.717, 1.165) is 6.54 Å². The van der Waals surface area contributed by atoms with E-state index in [-0.39, 0.29) is 0 Å². The van der Waals surface area contributed by atoms with Crippen molar-refractivity contribution in [1.29, 1.82) is 0 Å². The van der Waals surface area contributed by atoms with Gasteiger partial charge in [0, 0.05) is 12.2 Å². The third-order valence-corrected chi connectivity index (χ3v) is 1.83. The molecule has 1 aromatic carbocycles. The van der Waals surface area contributed by atoms with Crippen LogP contribution in [0.25, 0.3) is 0 Å². The minimum absolute atomic E-state index is 0.992. The van der Waals surface area contributed by atoms with Crippen LogP contribution in [0.3, 0.4) is 0 Å². The minimum atomic E-state index is 0.992. The first-order valence-electron chi connectivity index (χ1n) is 4.05. The lowest BCUT2D eigenvalue weighted by Gasteiger charge is -2.09. The van der Waals surface area contributed by atoms with Crippen molar-refractivity contribution in [2.75, 3.05) is 11.9 Å². The molecular formula is C10H15N. The lowest BCUT2D eigenvalue weighted by Crippen LogP contribution is -2.00. The van der Waals surface area contributed by atoms with Crippen molar-refractivity contribution >= 4 is 5.69 Å². The molecule has 1 aromatic rings. The van der Waals surface area contributed by atoms with Crippen LogP contribution in [0.4, 0.5) is 5.69 Å². The van der Waals surface area contributed by atoms with Crippen LogP contribution >= 0.6 is 0 Å². The molecule has 0 saturated heterocycles. The molecule has 0 heterocycles. The molecule has 0 aromatic heterocycles. The Labute approximate surface area is 68.4 Å². The molecule has 1 nitrogen and oxygen atoms in total. The number of aryl methyl sites for hydroxylation is 2. The Morgan fingerprint density at radius 1 is 1.18 bits per heavy atom. The van der Waals surface area contributed by atoms with Crippen molar-refractivity contribution < 1.29 is 0 Å². The highest BCUT2D eigenvalue weighted by Gasteiger charge is 1.97.